The molecule has 0 radical (unpaired) electrons. The molecule has 0 aromatic carbocycles. The van der Waals surface area contributed by atoms with E-state index in [1.807, 2.05) is 13.8 Å². The van der Waals surface area contributed by atoms with E-state index in [4.69, 9.17) is 18.9 Å². The Morgan fingerprint density at radius 2 is 1.71 bits per heavy atom. The standard InChI is InChI=1S/C23H35NO7/c1-9-28-19(25)16-15-14(11-13(3)30-21(15)27)31-18(17(16)20(26)29-10-2)24-23(7,8)12-22(4,5)6/h11,14-16,24H,9-10,12H2,1-8H3. The number of rotatable bonds is 7. The Labute approximate surface area is 184 Å². The van der Waals surface area contributed by atoms with E-state index in [0.29, 0.717) is 5.76 Å². The second-order valence-electron chi connectivity index (χ2n) is 9.75. The Balaban J connectivity index is 2.62. The molecule has 3 atom stereocenters. The Hall–Kier alpha value is -2.51. The lowest BCUT2D eigenvalue weighted by Crippen LogP contribution is -2.52. The fourth-order valence-electron chi connectivity index (χ4n) is 4.38. The highest BCUT2D eigenvalue weighted by Gasteiger charge is 2.53. The van der Waals surface area contributed by atoms with Gasteiger partial charge in [-0.15, -0.1) is 0 Å². The Morgan fingerprint density at radius 3 is 2.26 bits per heavy atom. The van der Waals surface area contributed by atoms with Gasteiger partial charge in [0.25, 0.3) is 0 Å². The van der Waals surface area contributed by atoms with Gasteiger partial charge in [-0.3, -0.25) is 9.59 Å². The molecule has 3 unspecified atom stereocenters. The van der Waals surface area contributed by atoms with E-state index in [2.05, 4.69) is 26.1 Å². The van der Waals surface area contributed by atoms with Crippen molar-refractivity contribution in [3.8, 4) is 0 Å². The van der Waals surface area contributed by atoms with Crippen molar-refractivity contribution in [3.63, 3.8) is 0 Å². The first kappa shape index (κ1) is 24.8. The van der Waals surface area contributed by atoms with Crippen LogP contribution in [0, 0.1) is 17.3 Å². The van der Waals surface area contributed by atoms with Gasteiger partial charge in [-0.05, 0) is 52.5 Å². The molecule has 2 aliphatic rings. The quantitative estimate of drug-likeness (QED) is 0.479. The number of ether oxygens (including phenoxy) is 4. The minimum absolute atomic E-state index is 0.00989. The molecule has 0 aliphatic carbocycles. The Morgan fingerprint density at radius 1 is 1.10 bits per heavy atom. The van der Waals surface area contributed by atoms with Crippen molar-refractivity contribution in [2.24, 2.45) is 17.3 Å². The molecule has 0 amide bonds. The Kier molecular flexibility index (Phi) is 7.44. The van der Waals surface area contributed by atoms with Gasteiger partial charge in [0.2, 0.25) is 0 Å². The lowest BCUT2D eigenvalue weighted by atomic mass is 9.78. The molecule has 0 fully saturated rings. The summed E-state index contributed by atoms with van der Waals surface area (Å²) in [4.78, 5) is 38.6. The van der Waals surface area contributed by atoms with Gasteiger partial charge in [-0.1, -0.05) is 20.8 Å². The molecule has 0 saturated heterocycles. The van der Waals surface area contributed by atoms with Crippen LogP contribution in [0.1, 0.15) is 61.8 Å². The monoisotopic (exact) mass is 437 g/mol. The molecule has 0 aromatic rings. The number of allylic oxidation sites excluding steroid dienone is 1. The van der Waals surface area contributed by atoms with Crippen molar-refractivity contribution in [2.45, 2.75) is 73.5 Å². The zero-order valence-corrected chi connectivity index (χ0v) is 19.8. The predicted octanol–water partition coefficient (Wildman–Crippen LogP) is 3.22. The summed E-state index contributed by atoms with van der Waals surface area (Å²) < 4.78 is 21.8. The number of cyclic esters (lactones) is 1. The van der Waals surface area contributed by atoms with Gasteiger partial charge in [0.1, 0.15) is 29.3 Å². The summed E-state index contributed by atoms with van der Waals surface area (Å²) in [5, 5.41) is 3.30. The van der Waals surface area contributed by atoms with Crippen LogP contribution in [0.5, 0.6) is 0 Å². The Bertz CT molecular complexity index is 788. The molecule has 8 heteroatoms. The zero-order chi connectivity index (χ0) is 23.6. The molecular weight excluding hydrogens is 402 g/mol. The van der Waals surface area contributed by atoms with Crippen molar-refractivity contribution >= 4 is 17.9 Å². The molecule has 2 rings (SSSR count). The highest BCUT2D eigenvalue weighted by molar-refractivity contribution is 5.99. The smallest absolute Gasteiger partial charge is 0.340 e. The first-order chi connectivity index (χ1) is 14.3. The maximum atomic E-state index is 13.0. The zero-order valence-electron chi connectivity index (χ0n) is 19.8. The molecule has 0 aromatic heterocycles. The lowest BCUT2D eigenvalue weighted by molar-refractivity contribution is -0.167. The first-order valence-corrected chi connectivity index (χ1v) is 10.7. The molecule has 1 N–H and O–H groups in total. The number of carbonyl (C=O) groups excluding carboxylic acids is 3. The second-order valence-corrected chi connectivity index (χ2v) is 9.75. The van der Waals surface area contributed by atoms with E-state index in [0.717, 1.165) is 6.42 Å². The van der Waals surface area contributed by atoms with Gasteiger partial charge in [0.05, 0.1) is 13.2 Å². The number of fused-ring (bicyclic) bond motifs is 1. The number of esters is 3. The van der Waals surface area contributed by atoms with Crippen molar-refractivity contribution in [1.29, 1.82) is 0 Å². The van der Waals surface area contributed by atoms with E-state index in [-0.39, 0.29) is 30.1 Å². The fourth-order valence-corrected chi connectivity index (χ4v) is 4.38. The highest BCUT2D eigenvalue weighted by atomic mass is 16.6. The van der Waals surface area contributed by atoms with E-state index < -0.39 is 41.4 Å². The lowest BCUT2D eigenvalue weighted by Gasteiger charge is -2.41. The molecule has 2 heterocycles. The SMILES string of the molecule is CCOC(=O)C1=C(NC(C)(C)CC(C)(C)C)OC2C=C(C)OC(=O)C2C1C(=O)OCC. The van der Waals surface area contributed by atoms with E-state index in [1.54, 1.807) is 26.8 Å². The molecular formula is C23H35NO7. The average Bonchev–Trinajstić information content (AvgIpc) is 2.57. The summed E-state index contributed by atoms with van der Waals surface area (Å²) in [7, 11) is 0. The molecule has 0 saturated carbocycles. The van der Waals surface area contributed by atoms with E-state index in [1.165, 1.54) is 0 Å². The van der Waals surface area contributed by atoms with Gasteiger partial charge in [-0.2, -0.15) is 0 Å². The van der Waals surface area contributed by atoms with Crippen LogP contribution in [0.4, 0.5) is 0 Å². The van der Waals surface area contributed by atoms with Gasteiger partial charge in [0, 0.05) is 5.54 Å². The minimum Gasteiger partial charge on any atom is -0.470 e. The normalized spacial score (nSPS) is 23.8. The van der Waals surface area contributed by atoms with Crippen LogP contribution in [0.3, 0.4) is 0 Å². The summed E-state index contributed by atoms with van der Waals surface area (Å²) in [5.74, 6) is -3.81. The summed E-state index contributed by atoms with van der Waals surface area (Å²) in [6, 6.07) is 0. The van der Waals surface area contributed by atoms with Crippen molar-refractivity contribution in [1.82, 2.24) is 5.32 Å². The predicted molar refractivity (Wildman–Crippen MR) is 113 cm³/mol. The van der Waals surface area contributed by atoms with Gasteiger partial charge in [-0.25, -0.2) is 4.79 Å². The number of hydrogen-bond donors (Lipinski definition) is 1. The largest absolute Gasteiger partial charge is 0.470 e. The van der Waals surface area contributed by atoms with Crippen LogP contribution in [0.25, 0.3) is 0 Å². The summed E-state index contributed by atoms with van der Waals surface area (Å²) in [5.41, 5.74) is -0.538. The summed E-state index contributed by atoms with van der Waals surface area (Å²) in [6.45, 7) is 15.5. The van der Waals surface area contributed by atoms with Crippen LogP contribution in [-0.2, 0) is 33.3 Å². The third-order valence-corrected chi connectivity index (χ3v) is 4.92. The third kappa shape index (κ3) is 6.02. The number of hydrogen-bond acceptors (Lipinski definition) is 8. The van der Waals surface area contributed by atoms with Crippen molar-refractivity contribution in [2.75, 3.05) is 13.2 Å². The summed E-state index contributed by atoms with van der Waals surface area (Å²) in [6.07, 6.45) is 1.61. The van der Waals surface area contributed by atoms with E-state index in [9.17, 15) is 14.4 Å². The molecule has 8 nitrogen and oxygen atoms in total. The molecule has 174 valence electrons. The summed E-state index contributed by atoms with van der Waals surface area (Å²) >= 11 is 0. The third-order valence-electron chi connectivity index (χ3n) is 4.92. The second kappa shape index (κ2) is 9.32. The average molecular weight is 438 g/mol. The minimum atomic E-state index is -1.21. The molecule has 2 aliphatic heterocycles. The van der Waals surface area contributed by atoms with Crippen molar-refractivity contribution < 1.29 is 33.3 Å². The molecule has 31 heavy (non-hydrogen) atoms. The van der Waals surface area contributed by atoms with Gasteiger partial charge in [0.15, 0.2) is 5.88 Å². The number of nitrogens with one attached hydrogen (secondary N) is 1. The van der Waals surface area contributed by atoms with Crippen molar-refractivity contribution in [3.05, 3.63) is 23.3 Å². The maximum absolute atomic E-state index is 13.0. The highest BCUT2D eigenvalue weighted by Crippen LogP contribution is 2.40. The van der Waals surface area contributed by atoms with E-state index >= 15 is 0 Å². The maximum Gasteiger partial charge on any atom is 0.340 e. The topological polar surface area (TPSA) is 100 Å². The van der Waals surface area contributed by atoms with Crippen LogP contribution in [-0.4, -0.2) is 42.8 Å². The molecule has 0 spiro atoms. The van der Waals surface area contributed by atoms with Crippen LogP contribution < -0.4 is 5.32 Å². The molecule has 0 bridgehead atoms. The van der Waals surface area contributed by atoms with Gasteiger partial charge >= 0.3 is 17.9 Å². The van der Waals surface area contributed by atoms with Crippen LogP contribution >= 0.6 is 0 Å². The number of carbonyl (C=O) groups is 3. The van der Waals surface area contributed by atoms with Crippen LogP contribution in [0.15, 0.2) is 23.3 Å². The first-order valence-electron chi connectivity index (χ1n) is 10.7. The fraction of sp³-hybridized carbons (Fsp3) is 0.696. The van der Waals surface area contributed by atoms with Crippen LogP contribution in [0.2, 0.25) is 0 Å². The van der Waals surface area contributed by atoms with Gasteiger partial charge < -0.3 is 24.3 Å².